The number of aromatic nitrogens is 2. The van der Waals surface area contributed by atoms with Gasteiger partial charge in [0.2, 0.25) is 0 Å². The van der Waals surface area contributed by atoms with Crippen LogP contribution in [0, 0.1) is 5.82 Å². The smallest absolute Gasteiger partial charge is 0.304 e. The summed E-state index contributed by atoms with van der Waals surface area (Å²) < 4.78 is 51.7. The van der Waals surface area contributed by atoms with Crippen molar-refractivity contribution in [3.8, 4) is 0 Å². The molecule has 0 saturated heterocycles. The third-order valence-electron chi connectivity index (χ3n) is 2.88. The Morgan fingerprint density at radius 2 is 1.86 bits per heavy atom. The van der Waals surface area contributed by atoms with Crippen molar-refractivity contribution in [2.75, 3.05) is 6.54 Å². The van der Waals surface area contributed by atoms with E-state index in [1.165, 1.54) is 18.5 Å². The van der Waals surface area contributed by atoms with Crippen molar-refractivity contribution in [2.45, 2.75) is 19.1 Å². The number of nitrogens with one attached hydrogen (secondary N) is 1. The molecule has 1 N–H and O–H groups in total. The van der Waals surface area contributed by atoms with Crippen LogP contribution >= 0.6 is 0 Å². The van der Waals surface area contributed by atoms with Gasteiger partial charge in [0.05, 0.1) is 11.6 Å². The van der Waals surface area contributed by atoms with Crippen LogP contribution in [-0.4, -0.2) is 16.5 Å². The molecule has 0 aliphatic heterocycles. The zero-order chi connectivity index (χ0) is 15.5. The summed E-state index contributed by atoms with van der Waals surface area (Å²) >= 11 is 0. The summed E-state index contributed by atoms with van der Waals surface area (Å²) in [4.78, 5) is 8.08. The lowest BCUT2D eigenvalue weighted by atomic mass is 10.0. The molecular formula is C14H13F4N3. The van der Waals surface area contributed by atoms with Crippen LogP contribution in [0.15, 0.2) is 36.7 Å². The van der Waals surface area contributed by atoms with E-state index in [9.17, 15) is 17.6 Å². The number of rotatable bonds is 4. The van der Waals surface area contributed by atoms with Gasteiger partial charge in [-0.1, -0.05) is 13.0 Å². The zero-order valence-electron chi connectivity index (χ0n) is 11.2. The number of nitrogens with zero attached hydrogens (tertiary/aromatic N) is 2. The molecular weight excluding hydrogens is 286 g/mol. The van der Waals surface area contributed by atoms with Gasteiger partial charge in [-0.15, -0.1) is 0 Å². The Kier molecular flexibility index (Phi) is 4.52. The summed E-state index contributed by atoms with van der Waals surface area (Å²) in [6.45, 7) is 2.31. The Morgan fingerprint density at radius 1 is 1.19 bits per heavy atom. The van der Waals surface area contributed by atoms with E-state index in [0.29, 0.717) is 12.4 Å². The van der Waals surface area contributed by atoms with Gasteiger partial charge in [-0.05, 0) is 30.3 Å². The summed E-state index contributed by atoms with van der Waals surface area (Å²) in [5.41, 5.74) is -1.03. The maximum Gasteiger partial charge on any atom is 0.419 e. The molecule has 0 fully saturated rings. The van der Waals surface area contributed by atoms with Crippen molar-refractivity contribution >= 4 is 0 Å². The fraction of sp³-hybridized carbons (Fsp3) is 0.286. The Hall–Kier alpha value is -2.02. The minimum atomic E-state index is -4.74. The lowest BCUT2D eigenvalue weighted by molar-refractivity contribution is -0.140. The molecule has 0 radical (unpaired) electrons. The Labute approximate surface area is 119 Å². The molecule has 112 valence electrons. The van der Waals surface area contributed by atoms with Gasteiger partial charge in [0.25, 0.3) is 0 Å². The van der Waals surface area contributed by atoms with Crippen molar-refractivity contribution in [1.82, 2.24) is 15.3 Å². The first-order valence-corrected chi connectivity index (χ1v) is 6.30. The fourth-order valence-corrected chi connectivity index (χ4v) is 1.96. The van der Waals surface area contributed by atoms with E-state index in [0.717, 1.165) is 12.1 Å². The maximum absolute atomic E-state index is 13.3. The SMILES string of the molecule is CCNC(c1ccc(F)c(C(F)(F)F)c1)c1ncccn1. The summed E-state index contributed by atoms with van der Waals surface area (Å²) in [6.07, 6.45) is -1.74. The van der Waals surface area contributed by atoms with Crippen LogP contribution in [0.25, 0.3) is 0 Å². The molecule has 0 spiro atoms. The van der Waals surface area contributed by atoms with Crippen LogP contribution in [-0.2, 0) is 6.18 Å². The van der Waals surface area contributed by atoms with Crippen molar-refractivity contribution in [3.63, 3.8) is 0 Å². The Balaban J connectivity index is 2.47. The summed E-state index contributed by atoms with van der Waals surface area (Å²) in [6, 6.07) is 3.88. The van der Waals surface area contributed by atoms with Crippen LogP contribution < -0.4 is 5.32 Å². The quantitative estimate of drug-likeness (QED) is 0.880. The van der Waals surface area contributed by atoms with Crippen LogP contribution in [0.5, 0.6) is 0 Å². The van der Waals surface area contributed by atoms with Gasteiger partial charge in [0.15, 0.2) is 0 Å². The number of hydrogen-bond acceptors (Lipinski definition) is 3. The first-order chi connectivity index (χ1) is 9.93. The van der Waals surface area contributed by atoms with E-state index in [4.69, 9.17) is 0 Å². The van der Waals surface area contributed by atoms with E-state index in [-0.39, 0.29) is 5.56 Å². The molecule has 0 saturated carbocycles. The number of halogens is 4. The van der Waals surface area contributed by atoms with Gasteiger partial charge in [0.1, 0.15) is 11.6 Å². The lowest BCUT2D eigenvalue weighted by Crippen LogP contribution is -2.24. The molecule has 2 aromatic rings. The highest BCUT2D eigenvalue weighted by Gasteiger charge is 2.35. The second-order valence-corrected chi connectivity index (χ2v) is 4.33. The summed E-state index contributed by atoms with van der Waals surface area (Å²) in [5, 5.41) is 3.00. The van der Waals surface area contributed by atoms with Crippen molar-refractivity contribution in [2.24, 2.45) is 0 Å². The predicted octanol–water partition coefficient (Wildman–Crippen LogP) is 3.33. The first kappa shape index (κ1) is 15.4. The second-order valence-electron chi connectivity index (χ2n) is 4.33. The molecule has 3 nitrogen and oxygen atoms in total. The molecule has 1 heterocycles. The molecule has 21 heavy (non-hydrogen) atoms. The minimum Gasteiger partial charge on any atom is -0.304 e. The molecule has 7 heteroatoms. The van der Waals surface area contributed by atoms with Crippen LogP contribution in [0.1, 0.15) is 29.9 Å². The monoisotopic (exact) mass is 299 g/mol. The normalized spacial score (nSPS) is 13.2. The largest absolute Gasteiger partial charge is 0.419 e. The Morgan fingerprint density at radius 3 is 2.43 bits per heavy atom. The standard InChI is InChI=1S/C14H13F4N3/c1-2-19-12(13-20-6-3-7-21-13)9-4-5-11(15)10(8-9)14(16,17)18/h3-8,12,19H,2H2,1H3. The maximum atomic E-state index is 13.3. The molecule has 1 aromatic carbocycles. The third-order valence-corrected chi connectivity index (χ3v) is 2.88. The average molecular weight is 299 g/mol. The van der Waals surface area contributed by atoms with Crippen molar-refractivity contribution < 1.29 is 17.6 Å². The molecule has 1 unspecified atom stereocenters. The molecule has 0 aliphatic carbocycles. The van der Waals surface area contributed by atoms with Gasteiger partial charge in [-0.25, -0.2) is 14.4 Å². The number of alkyl halides is 3. The third kappa shape index (κ3) is 3.55. The molecule has 2 rings (SSSR count). The highest BCUT2D eigenvalue weighted by Crippen LogP contribution is 2.33. The Bertz CT molecular complexity index is 599. The van der Waals surface area contributed by atoms with Gasteiger partial charge in [0, 0.05) is 12.4 Å². The van der Waals surface area contributed by atoms with Crippen LogP contribution in [0.4, 0.5) is 17.6 Å². The van der Waals surface area contributed by atoms with Gasteiger partial charge in [-0.3, -0.25) is 0 Å². The summed E-state index contributed by atoms with van der Waals surface area (Å²) in [7, 11) is 0. The van der Waals surface area contributed by atoms with Gasteiger partial charge in [-0.2, -0.15) is 13.2 Å². The van der Waals surface area contributed by atoms with E-state index in [2.05, 4.69) is 15.3 Å². The van der Waals surface area contributed by atoms with E-state index < -0.39 is 23.6 Å². The topological polar surface area (TPSA) is 37.8 Å². The first-order valence-electron chi connectivity index (χ1n) is 6.30. The molecule has 1 atom stereocenters. The second kappa shape index (κ2) is 6.17. The summed E-state index contributed by atoms with van der Waals surface area (Å²) in [5.74, 6) is -0.963. The van der Waals surface area contributed by atoms with Crippen LogP contribution in [0.3, 0.4) is 0 Å². The van der Waals surface area contributed by atoms with E-state index >= 15 is 0 Å². The highest BCUT2D eigenvalue weighted by molar-refractivity contribution is 5.32. The molecule has 0 aliphatic rings. The molecule has 1 aromatic heterocycles. The van der Waals surface area contributed by atoms with Crippen LogP contribution in [0.2, 0.25) is 0 Å². The van der Waals surface area contributed by atoms with Crippen molar-refractivity contribution in [1.29, 1.82) is 0 Å². The van der Waals surface area contributed by atoms with E-state index in [1.807, 2.05) is 6.92 Å². The van der Waals surface area contributed by atoms with Gasteiger partial charge >= 0.3 is 6.18 Å². The number of hydrogen-bond donors (Lipinski definition) is 1. The van der Waals surface area contributed by atoms with E-state index in [1.54, 1.807) is 6.07 Å². The minimum absolute atomic E-state index is 0.261. The fourth-order valence-electron chi connectivity index (χ4n) is 1.96. The highest BCUT2D eigenvalue weighted by atomic mass is 19.4. The average Bonchev–Trinajstić information content (AvgIpc) is 2.45. The molecule has 0 amide bonds. The van der Waals surface area contributed by atoms with Gasteiger partial charge < -0.3 is 5.32 Å². The number of benzene rings is 1. The predicted molar refractivity (Wildman–Crippen MR) is 69.0 cm³/mol. The van der Waals surface area contributed by atoms with Crippen molar-refractivity contribution in [3.05, 3.63) is 59.4 Å². The lowest BCUT2D eigenvalue weighted by Gasteiger charge is -2.18. The molecule has 0 bridgehead atoms. The zero-order valence-corrected chi connectivity index (χ0v) is 11.2.